The van der Waals surface area contributed by atoms with Crippen LogP contribution in [0.25, 0.3) is 10.1 Å². The Labute approximate surface area is 115 Å². The van der Waals surface area contributed by atoms with Crippen LogP contribution >= 0.6 is 11.3 Å². The van der Waals surface area contributed by atoms with Gasteiger partial charge in [0.2, 0.25) is 0 Å². The molecule has 1 amide bonds. The first-order valence-electron chi connectivity index (χ1n) is 6.29. The molecule has 3 rings (SSSR count). The molecule has 1 aromatic carbocycles. The van der Waals surface area contributed by atoms with Crippen molar-refractivity contribution >= 4 is 33.0 Å². The second kappa shape index (κ2) is 4.83. The van der Waals surface area contributed by atoms with Crippen molar-refractivity contribution in [3.63, 3.8) is 0 Å². The maximum absolute atomic E-state index is 12.2. The normalized spacial score (nSPS) is 22.2. The average molecular weight is 276 g/mol. The molecule has 4 nitrogen and oxygen atoms in total. The molecule has 0 bridgehead atoms. The van der Waals surface area contributed by atoms with Crippen molar-refractivity contribution in [3.05, 3.63) is 29.1 Å². The van der Waals surface area contributed by atoms with E-state index in [-0.39, 0.29) is 18.1 Å². The minimum absolute atomic E-state index is 0.0711. The summed E-state index contributed by atoms with van der Waals surface area (Å²) in [6.07, 6.45) is 2.05. The summed E-state index contributed by atoms with van der Waals surface area (Å²) in [7, 11) is 1.70. The van der Waals surface area contributed by atoms with Crippen molar-refractivity contribution in [3.8, 4) is 0 Å². The van der Waals surface area contributed by atoms with E-state index in [1.165, 1.54) is 11.3 Å². The standard InChI is InChI=1S/C14H16N2O2S/c1-18-9-6-8(7-9)16-14(17)13-12(15)10-4-2-3-5-11(10)19-13/h2-5,8-9H,6-7,15H2,1H3,(H,16,17). The van der Waals surface area contributed by atoms with Gasteiger partial charge in [0.05, 0.1) is 11.8 Å². The molecular weight excluding hydrogens is 260 g/mol. The van der Waals surface area contributed by atoms with Crippen LogP contribution in [0.1, 0.15) is 22.5 Å². The first-order chi connectivity index (χ1) is 9.19. The van der Waals surface area contributed by atoms with Crippen LogP contribution in [-0.2, 0) is 4.74 Å². The zero-order valence-electron chi connectivity index (χ0n) is 10.7. The van der Waals surface area contributed by atoms with Crippen LogP contribution in [-0.4, -0.2) is 25.2 Å². The van der Waals surface area contributed by atoms with Gasteiger partial charge in [-0.15, -0.1) is 11.3 Å². The topological polar surface area (TPSA) is 64.3 Å². The van der Waals surface area contributed by atoms with Crippen molar-refractivity contribution in [2.75, 3.05) is 12.8 Å². The van der Waals surface area contributed by atoms with Crippen molar-refractivity contribution in [2.24, 2.45) is 0 Å². The Morgan fingerprint density at radius 1 is 1.42 bits per heavy atom. The molecule has 0 atom stereocenters. The summed E-state index contributed by atoms with van der Waals surface area (Å²) in [5, 5.41) is 3.97. The monoisotopic (exact) mass is 276 g/mol. The van der Waals surface area contributed by atoms with Crippen molar-refractivity contribution < 1.29 is 9.53 Å². The van der Waals surface area contributed by atoms with E-state index in [1.54, 1.807) is 7.11 Å². The summed E-state index contributed by atoms with van der Waals surface area (Å²) in [5.74, 6) is -0.0711. The quantitative estimate of drug-likeness (QED) is 0.904. The van der Waals surface area contributed by atoms with Crippen LogP contribution in [0.15, 0.2) is 24.3 Å². The molecule has 1 aromatic heterocycles. The largest absolute Gasteiger partial charge is 0.397 e. The van der Waals surface area contributed by atoms with E-state index in [4.69, 9.17) is 10.5 Å². The Morgan fingerprint density at radius 3 is 2.84 bits per heavy atom. The maximum Gasteiger partial charge on any atom is 0.263 e. The van der Waals surface area contributed by atoms with E-state index in [0.717, 1.165) is 22.9 Å². The van der Waals surface area contributed by atoms with E-state index in [1.807, 2.05) is 24.3 Å². The molecule has 19 heavy (non-hydrogen) atoms. The second-order valence-electron chi connectivity index (χ2n) is 4.84. The van der Waals surface area contributed by atoms with Crippen LogP contribution in [0, 0.1) is 0 Å². The predicted octanol–water partition coefficient (Wildman–Crippen LogP) is 2.39. The van der Waals surface area contributed by atoms with Crippen LogP contribution in [0.2, 0.25) is 0 Å². The van der Waals surface area contributed by atoms with Gasteiger partial charge in [0.15, 0.2) is 0 Å². The minimum atomic E-state index is -0.0711. The van der Waals surface area contributed by atoms with Gasteiger partial charge in [-0.3, -0.25) is 4.79 Å². The lowest BCUT2D eigenvalue weighted by atomic mass is 9.89. The number of methoxy groups -OCH3 is 1. The Kier molecular flexibility index (Phi) is 3.16. The summed E-state index contributed by atoms with van der Waals surface area (Å²) in [6, 6.07) is 8.03. The highest BCUT2D eigenvalue weighted by Gasteiger charge is 2.31. The van der Waals surface area contributed by atoms with Crippen LogP contribution in [0.4, 0.5) is 5.69 Å². The molecular formula is C14H16N2O2S. The molecule has 1 saturated carbocycles. The molecule has 0 aliphatic heterocycles. The van der Waals surface area contributed by atoms with Crippen LogP contribution in [0.5, 0.6) is 0 Å². The van der Waals surface area contributed by atoms with Gasteiger partial charge in [0, 0.05) is 23.2 Å². The van der Waals surface area contributed by atoms with E-state index >= 15 is 0 Å². The van der Waals surface area contributed by atoms with E-state index in [9.17, 15) is 4.79 Å². The third-order valence-corrected chi connectivity index (χ3v) is 4.79. The number of carbonyl (C=O) groups excluding carboxylic acids is 1. The van der Waals surface area contributed by atoms with E-state index < -0.39 is 0 Å². The zero-order chi connectivity index (χ0) is 13.4. The van der Waals surface area contributed by atoms with Crippen molar-refractivity contribution in [2.45, 2.75) is 25.0 Å². The number of rotatable bonds is 3. The first kappa shape index (κ1) is 12.4. The number of amides is 1. The smallest absolute Gasteiger partial charge is 0.263 e. The maximum atomic E-state index is 12.2. The van der Waals surface area contributed by atoms with Gasteiger partial charge in [-0.25, -0.2) is 0 Å². The van der Waals surface area contributed by atoms with Gasteiger partial charge in [-0.05, 0) is 18.9 Å². The Morgan fingerprint density at radius 2 is 2.16 bits per heavy atom. The molecule has 2 aromatic rings. The number of benzene rings is 1. The first-order valence-corrected chi connectivity index (χ1v) is 7.11. The highest BCUT2D eigenvalue weighted by molar-refractivity contribution is 7.21. The third kappa shape index (κ3) is 2.19. The van der Waals surface area contributed by atoms with Crippen molar-refractivity contribution in [1.29, 1.82) is 0 Å². The summed E-state index contributed by atoms with van der Waals surface area (Å²) >= 11 is 1.45. The number of nitrogen functional groups attached to an aromatic ring is 1. The fourth-order valence-corrected chi connectivity index (χ4v) is 3.39. The molecule has 0 saturated heterocycles. The molecule has 0 unspecified atom stereocenters. The Hall–Kier alpha value is -1.59. The number of anilines is 1. The number of nitrogens with one attached hydrogen (secondary N) is 1. The Balaban J connectivity index is 1.77. The second-order valence-corrected chi connectivity index (χ2v) is 5.89. The summed E-state index contributed by atoms with van der Waals surface area (Å²) < 4.78 is 6.25. The lowest BCUT2D eigenvalue weighted by Crippen LogP contribution is -2.47. The molecule has 1 heterocycles. The Bertz CT molecular complexity index is 617. The van der Waals surface area contributed by atoms with Crippen molar-refractivity contribution in [1.82, 2.24) is 5.32 Å². The lowest BCUT2D eigenvalue weighted by Gasteiger charge is -2.34. The number of hydrogen-bond acceptors (Lipinski definition) is 4. The lowest BCUT2D eigenvalue weighted by molar-refractivity contribution is 0.0177. The SMILES string of the molecule is COC1CC(NC(=O)c2sc3ccccc3c2N)C1. The zero-order valence-corrected chi connectivity index (χ0v) is 11.5. The molecule has 100 valence electrons. The van der Waals surface area contributed by atoms with E-state index in [2.05, 4.69) is 5.32 Å². The summed E-state index contributed by atoms with van der Waals surface area (Å²) in [4.78, 5) is 12.8. The highest BCUT2D eigenvalue weighted by Crippen LogP contribution is 2.33. The van der Waals surface area contributed by atoms with Crippen LogP contribution in [0.3, 0.4) is 0 Å². The predicted molar refractivity (Wildman–Crippen MR) is 77.5 cm³/mol. The van der Waals surface area contributed by atoms with Gasteiger partial charge in [0.25, 0.3) is 5.91 Å². The third-order valence-electron chi connectivity index (χ3n) is 3.60. The minimum Gasteiger partial charge on any atom is -0.397 e. The van der Waals surface area contributed by atoms with Gasteiger partial charge in [-0.1, -0.05) is 18.2 Å². The average Bonchev–Trinajstić information content (AvgIpc) is 2.71. The number of hydrogen-bond donors (Lipinski definition) is 2. The highest BCUT2D eigenvalue weighted by atomic mass is 32.1. The number of nitrogens with two attached hydrogens (primary N) is 1. The van der Waals surface area contributed by atoms with Gasteiger partial charge in [-0.2, -0.15) is 0 Å². The fraction of sp³-hybridized carbons (Fsp3) is 0.357. The van der Waals surface area contributed by atoms with Crippen LogP contribution < -0.4 is 11.1 Å². The fourth-order valence-electron chi connectivity index (χ4n) is 2.36. The summed E-state index contributed by atoms with van der Waals surface area (Å²) in [5.41, 5.74) is 6.64. The molecule has 0 spiro atoms. The molecule has 1 fully saturated rings. The van der Waals surface area contributed by atoms with E-state index in [0.29, 0.717) is 10.6 Å². The molecule has 3 N–H and O–H groups in total. The number of fused-ring (bicyclic) bond motifs is 1. The summed E-state index contributed by atoms with van der Waals surface area (Å²) in [6.45, 7) is 0. The molecule has 1 aliphatic carbocycles. The van der Waals surface area contributed by atoms with Gasteiger partial charge in [0.1, 0.15) is 4.88 Å². The molecule has 1 aliphatic rings. The number of thiophene rings is 1. The molecule has 5 heteroatoms. The number of ether oxygens (including phenoxy) is 1. The molecule has 0 radical (unpaired) electrons. The van der Waals surface area contributed by atoms with Gasteiger partial charge < -0.3 is 15.8 Å². The van der Waals surface area contributed by atoms with Gasteiger partial charge >= 0.3 is 0 Å². The number of carbonyl (C=O) groups is 1.